The first-order valence-corrected chi connectivity index (χ1v) is 8.37. The summed E-state index contributed by atoms with van der Waals surface area (Å²) in [5.74, 6) is 0.797. The maximum atomic E-state index is 12.8. The van der Waals surface area contributed by atoms with Gasteiger partial charge in [0.15, 0.2) is 0 Å². The Morgan fingerprint density at radius 3 is 2.55 bits per heavy atom. The van der Waals surface area contributed by atoms with Gasteiger partial charge in [0.05, 0.1) is 0 Å². The van der Waals surface area contributed by atoms with Crippen molar-refractivity contribution in [2.45, 2.75) is 50.0 Å². The summed E-state index contributed by atoms with van der Waals surface area (Å²) in [6.45, 7) is 2.87. The second-order valence-corrected chi connectivity index (χ2v) is 6.34. The summed E-state index contributed by atoms with van der Waals surface area (Å²) in [5, 5.41) is 0. The number of thioether (sulfide) groups is 1. The summed E-state index contributed by atoms with van der Waals surface area (Å²) >= 11 is 1.61. The van der Waals surface area contributed by atoms with Gasteiger partial charge < -0.3 is 4.90 Å². The van der Waals surface area contributed by atoms with E-state index < -0.39 is 0 Å². The zero-order valence-corrected chi connectivity index (χ0v) is 12.8. The SMILES string of the molecule is CCN(C(=O)CCSc1ccc(F)cc1)C1CCCC1. The van der Waals surface area contributed by atoms with Gasteiger partial charge >= 0.3 is 0 Å². The van der Waals surface area contributed by atoms with Gasteiger partial charge in [0.2, 0.25) is 5.91 Å². The van der Waals surface area contributed by atoms with E-state index in [-0.39, 0.29) is 11.7 Å². The Balaban J connectivity index is 1.77. The number of hydrogen-bond donors (Lipinski definition) is 0. The van der Waals surface area contributed by atoms with Gasteiger partial charge in [-0.3, -0.25) is 4.79 Å². The number of carbonyl (C=O) groups excluding carboxylic acids is 1. The van der Waals surface area contributed by atoms with Crippen LogP contribution >= 0.6 is 11.8 Å². The normalized spacial score (nSPS) is 15.5. The number of halogens is 1. The van der Waals surface area contributed by atoms with Crippen molar-refractivity contribution in [1.82, 2.24) is 4.90 Å². The first-order chi connectivity index (χ1) is 9.70. The van der Waals surface area contributed by atoms with Crippen molar-refractivity contribution in [1.29, 1.82) is 0 Å². The highest BCUT2D eigenvalue weighted by atomic mass is 32.2. The van der Waals surface area contributed by atoms with E-state index in [0.717, 1.165) is 30.0 Å². The molecule has 1 saturated carbocycles. The fraction of sp³-hybridized carbons (Fsp3) is 0.562. The third kappa shape index (κ3) is 4.23. The molecule has 0 heterocycles. The predicted molar refractivity (Wildman–Crippen MR) is 81.4 cm³/mol. The van der Waals surface area contributed by atoms with Crippen molar-refractivity contribution in [2.75, 3.05) is 12.3 Å². The number of amides is 1. The van der Waals surface area contributed by atoms with E-state index in [1.54, 1.807) is 23.9 Å². The standard InChI is InChI=1S/C16H22FNOS/c1-2-18(14-5-3-4-6-14)16(19)11-12-20-15-9-7-13(17)8-10-15/h7-10,14H,2-6,11-12H2,1H3. The largest absolute Gasteiger partial charge is 0.340 e. The Labute approximate surface area is 124 Å². The van der Waals surface area contributed by atoms with Crippen LogP contribution in [-0.4, -0.2) is 29.1 Å². The van der Waals surface area contributed by atoms with E-state index >= 15 is 0 Å². The highest BCUT2D eigenvalue weighted by Gasteiger charge is 2.24. The maximum absolute atomic E-state index is 12.8. The van der Waals surface area contributed by atoms with Gasteiger partial charge in [-0.25, -0.2) is 4.39 Å². The zero-order chi connectivity index (χ0) is 14.4. The molecule has 0 saturated heterocycles. The summed E-state index contributed by atoms with van der Waals surface area (Å²) in [7, 11) is 0. The molecule has 1 aliphatic rings. The molecule has 4 heteroatoms. The lowest BCUT2D eigenvalue weighted by molar-refractivity contribution is -0.132. The molecule has 0 radical (unpaired) electrons. The minimum absolute atomic E-state index is 0.219. The molecule has 0 aromatic heterocycles. The number of nitrogens with zero attached hydrogens (tertiary/aromatic N) is 1. The molecule has 0 N–H and O–H groups in total. The third-order valence-electron chi connectivity index (χ3n) is 3.82. The van der Waals surface area contributed by atoms with Crippen LogP contribution < -0.4 is 0 Å². The molecule has 2 nitrogen and oxygen atoms in total. The molecule has 110 valence electrons. The number of hydrogen-bond acceptors (Lipinski definition) is 2. The topological polar surface area (TPSA) is 20.3 Å². The van der Waals surface area contributed by atoms with E-state index in [4.69, 9.17) is 0 Å². The van der Waals surface area contributed by atoms with Crippen LogP contribution in [0.1, 0.15) is 39.0 Å². The molecule has 1 aliphatic carbocycles. The van der Waals surface area contributed by atoms with Crippen molar-refractivity contribution >= 4 is 17.7 Å². The number of rotatable bonds is 6. The molecule has 20 heavy (non-hydrogen) atoms. The summed E-state index contributed by atoms with van der Waals surface area (Å²) in [4.78, 5) is 15.3. The first kappa shape index (κ1) is 15.4. The van der Waals surface area contributed by atoms with Crippen LogP contribution in [0.2, 0.25) is 0 Å². The molecule has 0 bridgehead atoms. The van der Waals surface area contributed by atoms with E-state index in [1.165, 1.54) is 25.0 Å². The molecular weight excluding hydrogens is 273 g/mol. The van der Waals surface area contributed by atoms with Crippen molar-refractivity contribution in [3.63, 3.8) is 0 Å². The second kappa shape index (κ2) is 7.67. The second-order valence-electron chi connectivity index (χ2n) is 5.17. The van der Waals surface area contributed by atoms with Crippen molar-refractivity contribution < 1.29 is 9.18 Å². The molecule has 1 aromatic rings. The van der Waals surface area contributed by atoms with Crippen LogP contribution in [-0.2, 0) is 4.79 Å². The molecule has 0 spiro atoms. The van der Waals surface area contributed by atoms with Crippen LogP contribution in [0.3, 0.4) is 0 Å². The predicted octanol–water partition coefficient (Wildman–Crippen LogP) is 4.10. The quantitative estimate of drug-likeness (QED) is 0.736. The van der Waals surface area contributed by atoms with Gasteiger partial charge in [0, 0.05) is 29.7 Å². The lowest BCUT2D eigenvalue weighted by Gasteiger charge is -2.27. The van der Waals surface area contributed by atoms with E-state index in [2.05, 4.69) is 6.92 Å². The first-order valence-electron chi connectivity index (χ1n) is 7.38. The molecule has 1 fully saturated rings. The van der Waals surface area contributed by atoms with Crippen molar-refractivity contribution in [2.24, 2.45) is 0 Å². The van der Waals surface area contributed by atoms with Gasteiger partial charge in [-0.15, -0.1) is 11.8 Å². The Bertz CT molecular complexity index is 429. The van der Waals surface area contributed by atoms with Gasteiger partial charge in [0.25, 0.3) is 0 Å². The monoisotopic (exact) mass is 295 g/mol. The molecule has 1 aromatic carbocycles. The lowest BCUT2D eigenvalue weighted by Crippen LogP contribution is -2.38. The van der Waals surface area contributed by atoms with Gasteiger partial charge in [-0.1, -0.05) is 12.8 Å². The van der Waals surface area contributed by atoms with Crippen LogP contribution in [0.4, 0.5) is 4.39 Å². The number of carbonyl (C=O) groups is 1. The van der Waals surface area contributed by atoms with Crippen LogP contribution in [0.15, 0.2) is 29.2 Å². The van der Waals surface area contributed by atoms with Crippen molar-refractivity contribution in [3.05, 3.63) is 30.1 Å². The van der Waals surface area contributed by atoms with Gasteiger partial charge in [-0.05, 0) is 44.0 Å². The summed E-state index contributed by atoms with van der Waals surface area (Å²) in [6, 6.07) is 6.91. The highest BCUT2D eigenvalue weighted by molar-refractivity contribution is 7.99. The fourth-order valence-electron chi connectivity index (χ4n) is 2.78. The smallest absolute Gasteiger partial charge is 0.223 e. The Hall–Kier alpha value is -1.03. The van der Waals surface area contributed by atoms with Gasteiger partial charge in [-0.2, -0.15) is 0 Å². The molecule has 2 rings (SSSR count). The fourth-order valence-corrected chi connectivity index (χ4v) is 3.63. The molecular formula is C16H22FNOS. The summed E-state index contributed by atoms with van der Waals surface area (Å²) < 4.78 is 12.8. The lowest BCUT2D eigenvalue weighted by atomic mass is 10.2. The van der Waals surface area contributed by atoms with Crippen molar-refractivity contribution in [3.8, 4) is 0 Å². The Morgan fingerprint density at radius 2 is 1.95 bits per heavy atom. The maximum Gasteiger partial charge on any atom is 0.223 e. The van der Waals surface area contributed by atoms with Crippen LogP contribution in [0.25, 0.3) is 0 Å². The van der Waals surface area contributed by atoms with E-state index in [9.17, 15) is 9.18 Å². The molecule has 1 amide bonds. The van der Waals surface area contributed by atoms with E-state index in [1.807, 2.05) is 4.90 Å². The summed E-state index contributed by atoms with van der Waals surface area (Å²) in [5.41, 5.74) is 0. The zero-order valence-electron chi connectivity index (χ0n) is 12.0. The summed E-state index contributed by atoms with van der Waals surface area (Å²) in [6.07, 6.45) is 5.37. The number of benzene rings is 1. The highest BCUT2D eigenvalue weighted by Crippen LogP contribution is 2.25. The molecule has 0 aliphatic heterocycles. The average Bonchev–Trinajstić information content (AvgIpc) is 2.96. The molecule has 0 unspecified atom stereocenters. The minimum Gasteiger partial charge on any atom is -0.340 e. The van der Waals surface area contributed by atoms with E-state index in [0.29, 0.717) is 12.5 Å². The molecule has 0 atom stereocenters. The Morgan fingerprint density at radius 1 is 1.30 bits per heavy atom. The van der Waals surface area contributed by atoms with Gasteiger partial charge in [0.1, 0.15) is 5.82 Å². The average molecular weight is 295 g/mol. The minimum atomic E-state index is -0.219. The van der Waals surface area contributed by atoms with Crippen LogP contribution in [0.5, 0.6) is 0 Å². The third-order valence-corrected chi connectivity index (χ3v) is 4.84. The van der Waals surface area contributed by atoms with Crippen LogP contribution in [0, 0.1) is 5.82 Å². The Kier molecular flexibility index (Phi) is 5.89.